The van der Waals surface area contributed by atoms with Crippen molar-refractivity contribution < 1.29 is 4.74 Å². The summed E-state index contributed by atoms with van der Waals surface area (Å²) >= 11 is 0. The molecule has 2 N–H and O–H groups in total. The van der Waals surface area contributed by atoms with Gasteiger partial charge in [0, 0.05) is 19.7 Å². The third kappa shape index (κ3) is 2.69. The van der Waals surface area contributed by atoms with Crippen LogP contribution in [0.3, 0.4) is 0 Å². The van der Waals surface area contributed by atoms with Crippen LogP contribution >= 0.6 is 0 Å². The Morgan fingerprint density at radius 3 is 2.93 bits per heavy atom. The molecular formula is C11H22N2O. The van der Waals surface area contributed by atoms with Crippen LogP contribution in [0.5, 0.6) is 0 Å². The molecule has 2 aliphatic heterocycles. The highest BCUT2D eigenvalue weighted by Crippen LogP contribution is 2.19. The molecule has 0 aromatic rings. The van der Waals surface area contributed by atoms with E-state index in [9.17, 15) is 0 Å². The molecule has 2 fully saturated rings. The Labute approximate surface area is 86.6 Å². The Hall–Kier alpha value is -0.120. The SMILES string of the molecule is NCC1CCCN(CC2CCCO2)C1. The molecule has 2 rings (SSSR count). The molecule has 3 nitrogen and oxygen atoms in total. The summed E-state index contributed by atoms with van der Waals surface area (Å²) in [4.78, 5) is 2.54. The maximum absolute atomic E-state index is 5.72. The van der Waals surface area contributed by atoms with Crippen molar-refractivity contribution >= 4 is 0 Å². The first-order chi connectivity index (χ1) is 6.88. The smallest absolute Gasteiger partial charge is 0.0702 e. The van der Waals surface area contributed by atoms with Crippen molar-refractivity contribution in [1.29, 1.82) is 0 Å². The van der Waals surface area contributed by atoms with Crippen LogP contribution in [0, 0.1) is 5.92 Å². The standard InChI is InChI=1S/C11H22N2O/c12-7-10-3-1-5-13(8-10)9-11-4-2-6-14-11/h10-11H,1-9,12H2. The molecule has 0 amide bonds. The van der Waals surface area contributed by atoms with E-state index in [1.54, 1.807) is 0 Å². The molecule has 0 aromatic heterocycles. The first-order valence-electron chi connectivity index (χ1n) is 5.92. The van der Waals surface area contributed by atoms with Gasteiger partial charge in [-0.1, -0.05) is 0 Å². The van der Waals surface area contributed by atoms with Crippen LogP contribution in [0.1, 0.15) is 25.7 Å². The van der Waals surface area contributed by atoms with Crippen molar-refractivity contribution in [2.24, 2.45) is 11.7 Å². The highest BCUT2D eigenvalue weighted by atomic mass is 16.5. The first kappa shape index (κ1) is 10.4. The molecule has 0 radical (unpaired) electrons. The zero-order valence-electron chi connectivity index (χ0n) is 8.95. The Bertz CT molecular complexity index is 169. The number of hydrogen-bond acceptors (Lipinski definition) is 3. The van der Waals surface area contributed by atoms with E-state index in [1.807, 2.05) is 0 Å². The second-order valence-electron chi connectivity index (χ2n) is 4.64. The number of likely N-dealkylation sites (tertiary alicyclic amines) is 1. The fourth-order valence-electron chi connectivity index (χ4n) is 2.59. The van der Waals surface area contributed by atoms with E-state index in [0.29, 0.717) is 6.10 Å². The van der Waals surface area contributed by atoms with Crippen LogP contribution in [0.15, 0.2) is 0 Å². The summed E-state index contributed by atoms with van der Waals surface area (Å²) in [6, 6.07) is 0. The summed E-state index contributed by atoms with van der Waals surface area (Å²) in [5, 5.41) is 0. The predicted octanol–water partition coefficient (Wildman–Crippen LogP) is 0.836. The Balaban J connectivity index is 1.73. The van der Waals surface area contributed by atoms with Gasteiger partial charge in [-0.25, -0.2) is 0 Å². The van der Waals surface area contributed by atoms with Gasteiger partial charge in [0.2, 0.25) is 0 Å². The van der Waals surface area contributed by atoms with E-state index in [0.717, 1.165) is 25.6 Å². The van der Waals surface area contributed by atoms with Crippen LogP contribution in [-0.2, 0) is 4.74 Å². The molecular weight excluding hydrogens is 176 g/mol. The van der Waals surface area contributed by atoms with E-state index in [4.69, 9.17) is 10.5 Å². The molecule has 0 bridgehead atoms. The van der Waals surface area contributed by atoms with Crippen molar-refractivity contribution in [3.63, 3.8) is 0 Å². The van der Waals surface area contributed by atoms with E-state index in [2.05, 4.69) is 4.90 Å². The fourth-order valence-corrected chi connectivity index (χ4v) is 2.59. The molecule has 0 aromatic carbocycles. The van der Waals surface area contributed by atoms with Gasteiger partial charge in [-0.2, -0.15) is 0 Å². The van der Waals surface area contributed by atoms with Gasteiger partial charge in [-0.15, -0.1) is 0 Å². The minimum absolute atomic E-state index is 0.506. The van der Waals surface area contributed by atoms with Gasteiger partial charge in [-0.3, -0.25) is 0 Å². The van der Waals surface area contributed by atoms with Crippen LogP contribution < -0.4 is 5.73 Å². The number of nitrogens with two attached hydrogens (primary N) is 1. The maximum atomic E-state index is 5.72. The number of piperidine rings is 1. The van der Waals surface area contributed by atoms with Gasteiger partial charge >= 0.3 is 0 Å². The number of rotatable bonds is 3. The van der Waals surface area contributed by atoms with Crippen molar-refractivity contribution in [2.45, 2.75) is 31.8 Å². The largest absolute Gasteiger partial charge is 0.377 e. The lowest BCUT2D eigenvalue weighted by molar-refractivity contribution is 0.0575. The highest BCUT2D eigenvalue weighted by Gasteiger charge is 2.23. The molecule has 2 atom stereocenters. The highest BCUT2D eigenvalue weighted by molar-refractivity contribution is 4.77. The average molecular weight is 198 g/mol. The summed E-state index contributed by atoms with van der Waals surface area (Å²) in [6.45, 7) is 5.39. The molecule has 2 aliphatic rings. The molecule has 3 heteroatoms. The van der Waals surface area contributed by atoms with E-state index < -0.39 is 0 Å². The third-order valence-corrected chi connectivity index (χ3v) is 3.42. The average Bonchev–Trinajstić information content (AvgIpc) is 2.71. The van der Waals surface area contributed by atoms with E-state index in [1.165, 1.54) is 38.8 Å². The van der Waals surface area contributed by atoms with Crippen LogP contribution in [0.25, 0.3) is 0 Å². The van der Waals surface area contributed by atoms with Gasteiger partial charge in [-0.05, 0) is 44.7 Å². The number of nitrogens with zero attached hydrogens (tertiary/aromatic N) is 1. The summed E-state index contributed by atoms with van der Waals surface area (Å²) in [5.41, 5.74) is 5.72. The summed E-state index contributed by atoms with van der Waals surface area (Å²) in [5.74, 6) is 0.727. The lowest BCUT2D eigenvalue weighted by Gasteiger charge is -2.33. The second-order valence-corrected chi connectivity index (χ2v) is 4.64. The topological polar surface area (TPSA) is 38.5 Å². The molecule has 0 spiro atoms. The lowest BCUT2D eigenvalue weighted by Crippen LogP contribution is -2.42. The molecule has 82 valence electrons. The summed E-state index contributed by atoms with van der Waals surface area (Å²) in [6.07, 6.45) is 5.64. The Morgan fingerprint density at radius 2 is 2.21 bits per heavy atom. The van der Waals surface area contributed by atoms with Crippen LogP contribution in [0.4, 0.5) is 0 Å². The van der Waals surface area contributed by atoms with Gasteiger partial charge in [0.1, 0.15) is 0 Å². The predicted molar refractivity (Wildman–Crippen MR) is 57.2 cm³/mol. The Kier molecular flexibility index (Phi) is 3.79. The zero-order chi connectivity index (χ0) is 9.80. The van der Waals surface area contributed by atoms with Crippen molar-refractivity contribution in [3.8, 4) is 0 Å². The van der Waals surface area contributed by atoms with Gasteiger partial charge in [0.15, 0.2) is 0 Å². The second kappa shape index (κ2) is 5.10. The van der Waals surface area contributed by atoms with Crippen LogP contribution in [0.2, 0.25) is 0 Å². The van der Waals surface area contributed by atoms with Gasteiger partial charge in [0.05, 0.1) is 6.10 Å². The van der Waals surface area contributed by atoms with Crippen molar-refractivity contribution in [3.05, 3.63) is 0 Å². The fraction of sp³-hybridized carbons (Fsp3) is 1.00. The summed E-state index contributed by atoms with van der Waals surface area (Å²) < 4.78 is 5.65. The molecule has 0 saturated carbocycles. The van der Waals surface area contributed by atoms with Crippen molar-refractivity contribution in [1.82, 2.24) is 4.90 Å². The molecule has 2 unspecified atom stereocenters. The molecule has 0 aliphatic carbocycles. The zero-order valence-corrected chi connectivity index (χ0v) is 8.95. The van der Waals surface area contributed by atoms with Gasteiger partial charge in [0.25, 0.3) is 0 Å². The van der Waals surface area contributed by atoms with Gasteiger partial charge < -0.3 is 15.4 Å². The number of hydrogen-bond donors (Lipinski definition) is 1. The number of ether oxygens (including phenoxy) is 1. The van der Waals surface area contributed by atoms with Crippen molar-refractivity contribution in [2.75, 3.05) is 32.8 Å². The quantitative estimate of drug-likeness (QED) is 0.730. The van der Waals surface area contributed by atoms with E-state index >= 15 is 0 Å². The Morgan fingerprint density at radius 1 is 1.29 bits per heavy atom. The maximum Gasteiger partial charge on any atom is 0.0702 e. The normalized spacial score (nSPS) is 34.9. The lowest BCUT2D eigenvalue weighted by atomic mass is 9.98. The molecule has 2 saturated heterocycles. The first-order valence-corrected chi connectivity index (χ1v) is 5.92. The monoisotopic (exact) mass is 198 g/mol. The molecule has 2 heterocycles. The van der Waals surface area contributed by atoms with Crippen LogP contribution in [-0.4, -0.2) is 43.8 Å². The minimum atomic E-state index is 0.506. The summed E-state index contributed by atoms with van der Waals surface area (Å²) in [7, 11) is 0. The minimum Gasteiger partial charge on any atom is -0.377 e. The van der Waals surface area contributed by atoms with E-state index in [-0.39, 0.29) is 0 Å². The third-order valence-electron chi connectivity index (χ3n) is 3.42. The molecule has 14 heavy (non-hydrogen) atoms.